The van der Waals surface area contributed by atoms with E-state index in [0.717, 1.165) is 30.2 Å². The minimum Gasteiger partial charge on any atom is -0.324 e. The summed E-state index contributed by atoms with van der Waals surface area (Å²) < 4.78 is 0. The fourth-order valence-corrected chi connectivity index (χ4v) is 3.68. The smallest absolute Gasteiger partial charge is 0.324 e. The fraction of sp³-hybridized carbons (Fsp3) is 0.444. The zero-order valence-electron chi connectivity index (χ0n) is 15.3. The van der Waals surface area contributed by atoms with Crippen LogP contribution in [0.3, 0.4) is 0 Å². The molecule has 1 N–H and O–H groups in total. The summed E-state index contributed by atoms with van der Waals surface area (Å²) in [6, 6.07) is 4.14. The van der Waals surface area contributed by atoms with Crippen molar-refractivity contribution in [3.05, 3.63) is 34.4 Å². The summed E-state index contributed by atoms with van der Waals surface area (Å²) in [5.74, 6) is -2.58. The van der Waals surface area contributed by atoms with Gasteiger partial charge >= 0.3 is 17.8 Å². The Bertz CT molecular complexity index is 854. The molecule has 3 rings (SSSR count). The highest BCUT2D eigenvalue weighted by molar-refractivity contribution is 6.45. The van der Waals surface area contributed by atoms with E-state index < -0.39 is 35.2 Å². The molecule has 148 valence electrons. The normalized spacial score (nSPS) is 22.5. The molecule has 0 unspecified atom stereocenters. The zero-order valence-corrected chi connectivity index (χ0v) is 15.3. The lowest BCUT2D eigenvalue weighted by Crippen LogP contribution is -2.46. The van der Waals surface area contributed by atoms with Crippen LogP contribution < -0.4 is 5.32 Å². The first kappa shape index (κ1) is 19.5. The molecule has 5 amide bonds. The monoisotopic (exact) mass is 388 g/mol. The van der Waals surface area contributed by atoms with Crippen LogP contribution >= 0.6 is 0 Å². The number of amides is 5. The molecule has 0 spiro atoms. The maximum Gasteiger partial charge on any atom is 0.334 e. The molecule has 1 aliphatic carbocycles. The van der Waals surface area contributed by atoms with E-state index in [1.807, 2.05) is 6.92 Å². The molecule has 10 heteroatoms. The van der Waals surface area contributed by atoms with Crippen LogP contribution in [0.1, 0.15) is 32.6 Å². The van der Waals surface area contributed by atoms with Gasteiger partial charge in [-0.1, -0.05) is 25.8 Å². The van der Waals surface area contributed by atoms with Crippen molar-refractivity contribution in [2.24, 2.45) is 5.92 Å². The maximum atomic E-state index is 12.6. The predicted molar refractivity (Wildman–Crippen MR) is 97.1 cm³/mol. The van der Waals surface area contributed by atoms with E-state index in [4.69, 9.17) is 0 Å². The van der Waals surface area contributed by atoms with Crippen LogP contribution in [0.25, 0.3) is 0 Å². The highest BCUT2D eigenvalue weighted by Crippen LogP contribution is 2.31. The number of nitrogens with zero attached hydrogens (tertiary/aromatic N) is 3. The number of hydrogen-bond donors (Lipinski definition) is 1. The molecule has 10 nitrogen and oxygen atoms in total. The second-order valence-electron chi connectivity index (χ2n) is 7.03. The molecule has 0 radical (unpaired) electrons. The number of benzene rings is 1. The van der Waals surface area contributed by atoms with E-state index >= 15 is 0 Å². The van der Waals surface area contributed by atoms with Crippen LogP contribution in [-0.4, -0.2) is 51.1 Å². The van der Waals surface area contributed by atoms with Gasteiger partial charge in [-0.25, -0.2) is 9.69 Å². The van der Waals surface area contributed by atoms with Crippen molar-refractivity contribution in [3.8, 4) is 0 Å². The second kappa shape index (κ2) is 7.75. The van der Waals surface area contributed by atoms with Crippen molar-refractivity contribution < 1.29 is 24.1 Å². The van der Waals surface area contributed by atoms with Crippen LogP contribution in [-0.2, 0) is 14.4 Å². The summed E-state index contributed by atoms with van der Waals surface area (Å²) in [5.41, 5.74) is -0.0545. The van der Waals surface area contributed by atoms with Gasteiger partial charge < -0.3 is 5.32 Å². The maximum absolute atomic E-state index is 12.6. The zero-order chi connectivity index (χ0) is 20.4. The number of hydrogen-bond acceptors (Lipinski definition) is 6. The number of nitro benzene ring substituents is 1. The molecule has 0 bridgehead atoms. The molecule has 2 fully saturated rings. The van der Waals surface area contributed by atoms with E-state index in [-0.39, 0.29) is 23.3 Å². The number of urea groups is 1. The minimum absolute atomic E-state index is 0.0908. The number of carbonyl (C=O) groups is 4. The third-order valence-electron chi connectivity index (χ3n) is 5.12. The summed E-state index contributed by atoms with van der Waals surface area (Å²) >= 11 is 0. The number of imide groups is 2. The molecule has 1 heterocycles. The van der Waals surface area contributed by atoms with Crippen LogP contribution in [0.4, 0.5) is 16.2 Å². The molecular weight excluding hydrogens is 368 g/mol. The largest absolute Gasteiger partial charge is 0.334 e. The van der Waals surface area contributed by atoms with Crippen molar-refractivity contribution >= 4 is 35.1 Å². The third-order valence-corrected chi connectivity index (χ3v) is 5.12. The van der Waals surface area contributed by atoms with E-state index in [9.17, 15) is 29.3 Å². The topological polar surface area (TPSA) is 130 Å². The SMILES string of the molecule is C[C@H]1CCCC[C@H]1N1C(=O)C(=O)N(CC(=O)Nc2cccc([N+](=O)[O-])c2)C1=O. The number of nitrogens with one attached hydrogen (secondary N) is 1. The lowest BCUT2D eigenvalue weighted by Gasteiger charge is -2.34. The van der Waals surface area contributed by atoms with E-state index in [1.165, 1.54) is 18.2 Å². The Balaban J connectivity index is 1.70. The highest BCUT2D eigenvalue weighted by Gasteiger charge is 2.49. The Morgan fingerprint density at radius 3 is 2.61 bits per heavy atom. The number of anilines is 1. The lowest BCUT2D eigenvalue weighted by molar-refractivity contribution is -0.384. The summed E-state index contributed by atoms with van der Waals surface area (Å²) in [4.78, 5) is 61.3. The Morgan fingerprint density at radius 1 is 1.21 bits per heavy atom. The van der Waals surface area contributed by atoms with Gasteiger partial charge in [0.1, 0.15) is 6.54 Å². The van der Waals surface area contributed by atoms with Crippen LogP contribution in [0.2, 0.25) is 0 Å². The Labute approximate surface area is 160 Å². The molecular formula is C18H20N4O6. The Kier molecular flexibility index (Phi) is 5.39. The first-order chi connectivity index (χ1) is 13.3. The van der Waals surface area contributed by atoms with Gasteiger partial charge in [-0.05, 0) is 24.8 Å². The van der Waals surface area contributed by atoms with E-state index in [2.05, 4.69) is 5.32 Å². The van der Waals surface area contributed by atoms with Crippen molar-refractivity contribution in [3.63, 3.8) is 0 Å². The first-order valence-corrected chi connectivity index (χ1v) is 9.03. The third kappa shape index (κ3) is 3.71. The molecule has 1 aliphatic heterocycles. The molecule has 2 aliphatic rings. The fourth-order valence-electron chi connectivity index (χ4n) is 3.68. The van der Waals surface area contributed by atoms with Crippen molar-refractivity contribution in [1.29, 1.82) is 0 Å². The average Bonchev–Trinajstić information content (AvgIpc) is 2.86. The standard InChI is InChI=1S/C18H20N4O6/c1-11-5-2-3-8-14(11)21-17(25)16(24)20(18(21)26)10-15(23)19-12-6-4-7-13(9-12)22(27)28/h4,6-7,9,11,14H,2-3,5,8,10H2,1H3,(H,19,23)/t11-,14+/m0/s1. The van der Waals surface area contributed by atoms with Crippen LogP contribution in [0.5, 0.6) is 0 Å². The van der Waals surface area contributed by atoms with E-state index in [1.54, 1.807) is 0 Å². The number of rotatable bonds is 5. The first-order valence-electron chi connectivity index (χ1n) is 9.03. The molecule has 1 aromatic rings. The van der Waals surface area contributed by atoms with Gasteiger partial charge in [0.15, 0.2) is 0 Å². The Hall–Kier alpha value is -3.30. The molecule has 1 saturated heterocycles. The predicted octanol–water partition coefficient (Wildman–Crippen LogP) is 1.90. The van der Waals surface area contributed by atoms with E-state index in [0.29, 0.717) is 11.3 Å². The molecule has 0 aromatic heterocycles. The van der Waals surface area contributed by atoms with Gasteiger partial charge in [0.2, 0.25) is 5.91 Å². The van der Waals surface area contributed by atoms with Crippen molar-refractivity contribution in [2.75, 3.05) is 11.9 Å². The summed E-state index contributed by atoms with van der Waals surface area (Å²) in [5, 5.41) is 13.2. The van der Waals surface area contributed by atoms with Crippen molar-refractivity contribution in [1.82, 2.24) is 9.80 Å². The highest BCUT2D eigenvalue weighted by atomic mass is 16.6. The van der Waals surface area contributed by atoms with Gasteiger partial charge in [-0.3, -0.25) is 29.4 Å². The van der Waals surface area contributed by atoms with Crippen LogP contribution in [0, 0.1) is 16.0 Å². The lowest BCUT2D eigenvalue weighted by atomic mass is 9.85. The summed E-state index contributed by atoms with van der Waals surface area (Å²) in [6.45, 7) is 1.30. The summed E-state index contributed by atoms with van der Waals surface area (Å²) in [7, 11) is 0. The Morgan fingerprint density at radius 2 is 1.93 bits per heavy atom. The minimum atomic E-state index is -1.03. The second-order valence-corrected chi connectivity index (χ2v) is 7.03. The summed E-state index contributed by atoms with van der Waals surface area (Å²) in [6.07, 6.45) is 3.38. The molecule has 28 heavy (non-hydrogen) atoms. The van der Waals surface area contributed by atoms with Crippen molar-refractivity contribution in [2.45, 2.75) is 38.6 Å². The number of non-ortho nitro benzene ring substituents is 1. The molecule has 1 saturated carbocycles. The van der Waals surface area contributed by atoms with Gasteiger partial charge in [0.25, 0.3) is 5.69 Å². The van der Waals surface area contributed by atoms with Gasteiger partial charge in [0, 0.05) is 23.9 Å². The number of nitro groups is 1. The average molecular weight is 388 g/mol. The molecule has 1 aromatic carbocycles. The van der Waals surface area contributed by atoms with Gasteiger partial charge in [-0.15, -0.1) is 0 Å². The van der Waals surface area contributed by atoms with Crippen LogP contribution in [0.15, 0.2) is 24.3 Å². The van der Waals surface area contributed by atoms with Gasteiger partial charge in [-0.2, -0.15) is 0 Å². The van der Waals surface area contributed by atoms with Gasteiger partial charge in [0.05, 0.1) is 4.92 Å². The molecule has 2 atom stereocenters. The quantitative estimate of drug-likeness (QED) is 0.355. The number of carbonyl (C=O) groups excluding carboxylic acids is 4.